The number of pyridine rings is 1. The Labute approximate surface area is 171 Å². The number of benzene rings is 2. The van der Waals surface area contributed by atoms with Crippen molar-refractivity contribution in [3.8, 4) is 0 Å². The van der Waals surface area contributed by atoms with Crippen LogP contribution in [0.3, 0.4) is 0 Å². The summed E-state index contributed by atoms with van der Waals surface area (Å²) in [4.78, 5) is 16.3. The van der Waals surface area contributed by atoms with Gasteiger partial charge in [-0.3, -0.25) is 9.78 Å². The number of hydrogen-bond acceptors (Lipinski definition) is 4. The lowest BCUT2D eigenvalue weighted by Crippen LogP contribution is -2.26. The fourth-order valence-corrected chi connectivity index (χ4v) is 3.44. The molecule has 30 heavy (non-hydrogen) atoms. The Morgan fingerprint density at radius 3 is 2.80 bits per heavy atom. The average Bonchev–Trinajstić information content (AvgIpc) is 3.26. The standard InChI is InChI=1S/C22H20F3N3O2/c23-22(24,25)15-6-7-17-18(8-9-26-19(17)12-15)27-13-14-3-1-4-16(11-14)28-21(29)20-5-2-10-30-20/h1,3-4,6-9,11-12,20H,2,5,10,13H2,(H,26,27)(H,28,29). The molecule has 1 unspecified atom stereocenters. The Bertz CT molecular complexity index is 1060. The van der Waals surface area contributed by atoms with Crippen molar-refractivity contribution in [2.45, 2.75) is 31.7 Å². The minimum atomic E-state index is -4.41. The number of amides is 1. The second kappa shape index (κ2) is 8.31. The van der Waals surface area contributed by atoms with Crippen molar-refractivity contribution >= 4 is 28.2 Å². The fourth-order valence-electron chi connectivity index (χ4n) is 3.44. The molecule has 3 aromatic rings. The summed E-state index contributed by atoms with van der Waals surface area (Å²) in [5, 5.41) is 6.71. The number of fused-ring (bicyclic) bond motifs is 1. The van der Waals surface area contributed by atoms with E-state index in [-0.39, 0.29) is 11.4 Å². The second-order valence-corrected chi connectivity index (χ2v) is 7.13. The molecule has 0 saturated carbocycles. The van der Waals surface area contributed by atoms with Gasteiger partial charge in [0.1, 0.15) is 6.10 Å². The second-order valence-electron chi connectivity index (χ2n) is 7.13. The number of ether oxygens (including phenoxy) is 1. The summed E-state index contributed by atoms with van der Waals surface area (Å²) in [7, 11) is 0. The number of halogens is 3. The minimum absolute atomic E-state index is 0.154. The first-order valence-corrected chi connectivity index (χ1v) is 9.61. The summed E-state index contributed by atoms with van der Waals surface area (Å²) in [6.45, 7) is 1.04. The molecule has 0 bridgehead atoms. The van der Waals surface area contributed by atoms with Crippen LogP contribution in [0.4, 0.5) is 24.5 Å². The molecule has 0 radical (unpaired) electrons. The van der Waals surface area contributed by atoms with Gasteiger partial charge in [0.2, 0.25) is 0 Å². The van der Waals surface area contributed by atoms with Crippen LogP contribution in [0.5, 0.6) is 0 Å². The highest BCUT2D eigenvalue weighted by molar-refractivity contribution is 5.94. The number of nitrogens with zero attached hydrogens (tertiary/aromatic N) is 1. The summed E-state index contributed by atoms with van der Waals surface area (Å²) in [5.41, 5.74) is 1.81. The number of aromatic nitrogens is 1. The van der Waals surface area contributed by atoms with Crippen molar-refractivity contribution in [1.82, 2.24) is 4.98 Å². The molecular weight excluding hydrogens is 395 g/mol. The first-order valence-electron chi connectivity index (χ1n) is 9.61. The number of anilines is 2. The maximum Gasteiger partial charge on any atom is 0.416 e. The van der Waals surface area contributed by atoms with Gasteiger partial charge in [-0.1, -0.05) is 18.2 Å². The molecule has 4 rings (SSSR count). The van der Waals surface area contributed by atoms with E-state index in [1.165, 1.54) is 12.3 Å². The van der Waals surface area contributed by atoms with Crippen LogP contribution < -0.4 is 10.6 Å². The zero-order chi connectivity index (χ0) is 21.1. The van der Waals surface area contributed by atoms with Crippen LogP contribution in [0.15, 0.2) is 54.7 Å². The number of nitrogens with one attached hydrogen (secondary N) is 2. The van der Waals surface area contributed by atoms with Gasteiger partial charge < -0.3 is 15.4 Å². The molecule has 2 N–H and O–H groups in total. The molecular formula is C22H20F3N3O2. The summed E-state index contributed by atoms with van der Waals surface area (Å²) < 4.78 is 44.2. The summed E-state index contributed by atoms with van der Waals surface area (Å²) in [6, 6.07) is 12.6. The van der Waals surface area contributed by atoms with Crippen LogP contribution in [0, 0.1) is 0 Å². The Morgan fingerprint density at radius 2 is 2.03 bits per heavy atom. The molecule has 1 fully saturated rings. The molecule has 1 aromatic heterocycles. The van der Waals surface area contributed by atoms with E-state index in [4.69, 9.17) is 4.74 Å². The highest BCUT2D eigenvalue weighted by Gasteiger charge is 2.30. The minimum Gasteiger partial charge on any atom is -0.380 e. The SMILES string of the molecule is O=C(Nc1cccc(CNc2ccnc3cc(C(F)(F)F)ccc23)c1)C1CCCO1. The third kappa shape index (κ3) is 4.54. The van der Waals surface area contributed by atoms with Crippen LogP contribution in [0.25, 0.3) is 10.9 Å². The van der Waals surface area contributed by atoms with Gasteiger partial charge in [-0.25, -0.2) is 0 Å². The van der Waals surface area contributed by atoms with Gasteiger partial charge in [-0.15, -0.1) is 0 Å². The molecule has 0 aliphatic carbocycles. The Balaban J connectivity index is 1.47. The Hall–Kier alpha value is -3.13. The summed E-state index contributed by atoms with van der Waals surface area (Å²) in [5.74, 6) is -0.154. The van der Waals surface area contributed by atoms with Gasteiger partial charge in [-0.2, -0.15) is 13.2 Å². The van der Waals surface area contributed by atoms with Crippen LogP contribution in [0.1, 0.15) is 24.0 Å². The largest absolute Gasteiger partial charge is 0.416 e. The third-order valence-corrected chi connectivity index (χ3v) is 4.97. The van der Waals surface area contributed by atoms with E-state index in [1.54, 1.807) is 12.1 Å². The predicted molar refractivity (Wildman–Crippen MR) is 108 cm³/mol. The molecule has 0 spiro atoms. The van der Waals surface area contributed by atoms with E-state index >= 15 is 0 Å². The van der Waals surface area contributed by atoms with Crippen LogP contribution in [-0.2, 0) is 22.3 Å². The van der Waals surface area contributed by atoms with E-state index in [1.807, 2.05) is 18.2 Å². The first-order chi connectivity index (χ1) is 14.4. The van der Waals surface area contributed by atoms with Crippen molar-refractivity contribution in [2.75, 3.05) is 17.2 Å². The number of carbonyl (C=O) groups is 1. The van der Waals surface area contributed by atoms with Crippen LogP contribution in [0.2, 0.25) is 0 Å². The molecule has 1 amide bonds. The van der Waals surface area contributed by atoms with Crippen molar-refractivity contribution in [3.63, 3.8) is 0 Å². The molecule has 1 aliphatic heterocycles. The lowest BCUT2D eigenvalue weighted by molar-refractivity contribution is -0.137. The number of carbonyl (C=O) groups excluding carboxylic acids is 1. The predicted octanol–water partition coefficient (Wildman–Crippen LogP) is 4.98. The highest BCUT2D eigenvalue weighted by atomic mass is 19.4. The van der Waals surface area contributed by atoms with Crippen LogP contribution in [-0.4, -0.2) is 23.6 Å². The smallest absolute Gasteiger partial charge is 0.380 e. The van der Waals surface area contributed by atoms with Crippen molar-refractivity contribution in [1.29, 1.82) is 0 Å². The van der Waals surface area contributed by atoms with Crippen molar-refractivity contribution < 1.29 is 22.7 Å². The van der Waals surface area contributed by atoms with Crippen molar-refractivity contribution in [3.05, 3.63) is 65.9 Å². The van der Waals surface area contributed by atoms with Gasteiger partial charge in [0, 0.05) is 36.1 Å². The topological polar surface area (TPSA) is 63.2 Å². The molecule has 1 atom stereocenters. The summed E-state index contributed by atoms with van der Waals surface area (Å²) in [6.07, 6.45) is -1.74. The van der Waals surface area contributed by atoms with E-state index in [2.05, 4.69) is 15.6 Å². The van der Waals surface area contributed by atoms with E-state index in [0.717, 1.165) is 30.5 Å². The monoisotopic (exact) mass is 415 g/mol. The number of rotatable bonds is 5. The zero-order valence-corrected chi connectivity index (χ0v) is 16.0. The highest BCUT2D eigenvalue weighted by Crippen LogP contribution is 2.32. The van der Waals surface area contributed by atoms with Gasteiger partial charge in [0.15, 0.2) is 0 Å². The van der Waals surface area contributed by atoms with Gasteiger partial charge in [0.25, 0.3) is 5.91 Å². The number of alkyl halides is 3. The molecule has 1 saturated heterocycles. The van der Waals surface area contributed by atoms with Crippen LogP contribution >= 0.6 is 0 Å². The maximum absolute atomic E-state index is 12.9. The molecule has 5 nitrogen and oxygen atoms in total. The van der Waals surface area contributed by atoms with Gasteiger partial charge >= 0.3 is 6.18 Å². The van der Waals surface area contributed by atoms with Gasteiger partial charge in [0.05, 0.1) is 11.1 Å². The normalized spacial score (nSPS) is 16.6. The quantitative estimate of drug-likeness (QED) is 0.617. The molecule has 2 heterocycles. The first kappa shape index (κ1) is 20.2. The Kier molecular flexibility index (Phi) is 5.59. The molecule has 8 heteroatoms. The lowest BCUT2D eigenvalue weighted by Gasteiger charge is -2.13. The molecule has 156 valence electrons. The van der Waals surface area contributed by atoms with Gasteiger partial charge in [-0.05, 0) is 48.7 Å². The fraction of sp³-hybridized carbons (Fsp3) is 0.273. The van der Waals surface area contributed by atoms with E-state index in [9.17, 15) is 18.0 Å². The van der Waals surface area contributed by atoms with E-state index in [0.29, 0.717) is 29.9 Å². The van der Waals surface area contributed by atoms with Crippen molar-refractivity contribution in [2.24, 2.45) is 0 Å². The summed E-state index contributed by atoms with van der Waals surface area (Å²) >= 11 is 0. The zero-order valence-electron chi connectivity index (χ0n) is 16.0. The molecule has 1 aliphatic rings. The third-order valence-electron chi connectivity index (χ3n) is 4.97. The molecule has 2 aromatic carbocycles. The number of hydrogen-bond donors (Lipinski definition) is 2. The lowest BCUT2D eigenvalue weighted by atomic mass is 10.1. The Morgan fingerprint density at radius 1 is 1.17 bits per heavy atom. The maximum atomic E-state index is 12.9. The van der Waals surface area contributed by atoms with E-state index < -0.39 is 17.8 Å². The average molecular weight is 415 g/mol.